The number of carbonyl (C=O) groups excluding carboxylic acids is 1. The van der Waals surface area contributed by atoms with Gasteiger partial charge in [0.15, 0.2) is 9.84 Å². The van der Waals surface area contributed by atoms with Crippen molar-refractivity contribution in [3.8, 4) is 0 Å². The molecule has 0 saturated carbocycles. The van der Waals surface area contributed by atoms with Gasteiger partial charge in [0.25, 0.3) is 0 Å². The predicted octanol–water partition coefficient (Wildman–Crippen LogP) is 0.988. The van der Waals surface area contributed by atoms with Crippen molar-refractivity contribution in [1.29, 1.82) is 0 Å². The Morgan fingerprint density at radius 3 is 2.39 bits per heavy atom. The van der Waals surface area contributed by atoms with Gasteiger partial charge in [-0.15, -0.1) is 0 Å². The number of esters is 1. The zero-order valence-corrected chi connectivity index (χ0v) is 12.5. The second-order valence-corrected chi connectivity index (χ2v) is 6.97. The molecule has 0 rings (SSSR count). The molecule has 1 N–H and O–H groups in total. The van der Waals surface area contributed by atoms with E-state index in [1.165, 1.54) is 7.11 Å². The molecule has 0 aliphatic heterocycles. The van der Waals surface area contributed by atoms with Gasteiger partial charge in [0.2, 0.25) is 0 Å². The van der Waals surface area contributed by atoms with E-state index in [2.05, 4.69) is 10.1 Å². The molecule has 0 aromatic carbocycles. The second-order valence-electron chi connectivity index (χ2n) is 4.75. The number of ether oxygens (including phenoxy) is 1. The van der Waals surface area contributed by atoms with Gasteiger partial charge in [-0.2, -0.15) is 0 Å². The Bertz CT molecular complexity index is 338. The van der Waals surface area contributed by atoms with E-state index >= 15 is 0 Å². The van der Waals surface area contributed by atoms with E-state index in [1.807, 2.05) is 20.8 Å². The van der Waals surface area contributed by atoms with Crippen LogP contribution in [0.3, 0.4) is 0 Å². The number of hydrogen-bond acceptors (Lipinski definition) is 5. The number of nitrogens with one attached hydrogen (secondary N) is 1. The van der Waals surface area contributed by atoms with Gasteiger partial charge < -0.3 is 10.1 Å². The zero-order valence-electron chi connectivity index (χ0n) is 11.7. The first-order valence-corrected chi connectivity index (χ1v) is 8.15. The largest absolute Gasteiger partial charge is 0.469 e. The lowest BCUT2D eigenvalue weighted by molar-refractivity contribution is -0.140. The van der Waals surface area contributed by atoms with E-state index in [0.29, 0.717) is 0 Å². The van der Waals surface area contributed by atoms with Gasteiger partial charge in [-0.05, 0) is 18.9 Å². The first kappa shape index (κ1) is 17.4. The van der Waals surface area contributed by atoms with Crippen LogP contribution in [-0.2, 0) is 19.4 Å². The van der Waals surface area contributed by atoms with Crippen molar-refractivity contribution in [3.63, 3.8) is 0 Å². The molecule has 0 aromatic rings. The maximum atomic E-state index is 11.9. The first-order valence-electron chi connectivity index (χ1n) is 6.33. The van der Waals surface area contributed by atoms with Crippen molar-refractivity contribution in [2.45, 2.75) is 39.7 Å². The number of rotatable bonds is 9. The fourth-order valence-electron chi connectivity index (χ4n) is 1.51. The summed E-state index contributed by atoms with van der Waals surface area (Å²) in [5.74, 6) is -0.316. The molecular formula is C12H25NO4S. The third-order valence-electron chi connectivity index (χ3n) is 2.74. The fourth-order valence-corrected chi connectivity index (χ4v) is 3.21. The Balaban J connectivity index is 4.37. The summed E-state index contributed by atoms with van der Waals surface area (Å²) < 4.78 is 28.2. The highest BCUT2D eigenvalue weighted by Gasteiger charge is 2.22. The minimum atomic E-state index is -3.22. The molecule has 0 spiro atoms. The zero-order chi connectivity index (χ0) is 14.2. The lowest BCUT2D eigenvalue weighted by Crippen LogP contribution is -2.40. The van der Waals surface area contributed by atoms with Gasteiger partial charge in [0.05, 0.1) is 25.0 Å². The Hall–Kier alpha value is -0.620. The Morgan fingerprint density at radius 2 is 1.94 bits per heavy atom. The molecule has 18 heavy (non-hydrogen) atoms. The maximum Gasteiger partial charge on any atom is 0.306 e. The fraction of sp³-hybridized carbons (Fsp3) is 0.917. The van der Waals surface area contributed by atoms with Crippen molar-refractivity contribution in [1.82, 2.24) is 5.32 Å². The van der Waals surface area contributed by atoms with Gasteiger partial charge in [0.1, 0.15) is 0 Å². The highest BCUT2D eigenvalue weighted by Crippen LogP contribution is 2.07. The Kier molecular flexibility index (Phi) is 8.18. The molecule has 6 heteroatoms. The summed E-state index contributed by atoms with van der Waals surface area (Å²) >= 11 is 0. The third kappa shape index (κ3) is 7.66. The van der Waals surface area contributed by atoms with Crippen molar-refractivity contribution in [2.75, 3.05) is 25.2 Å². The molecule has 0 aliphatic rings. The van der Waals surface area contributed by atoms with E-state index in [9.17, 15) is 13.2 Å². The van der Waals surface area contributed by atoms with Gasteiger partial charge in [-0.1, -0.05) is 20.8 Å². The molecule has 1 unspecified atom stereocenters. The van der Waals surface area contributed by atoms with Crippen LogP contribution in [0.15, 0.2) is 0 Å². The van der Waals surface area contributed by atoms with Crippen molar-refractivity contribution >= 4 is 15.8 Å². The van der Waals surface area contributed by atoms with Crippen LogP contribution in [0.2, 0.25) is 0 Å². The number of methoxy groups -OCH3 is 1. The molecule has 1 atom stereocenters. The SMILES string of the molecule is CCCNC(CS(=O)(=O)CCC(=O)OC)C(C)C. The molecule has 0 aliphatic carbocycles. The van der Waals surface area contributed by atoms with E-state index in [-0.39, 0.29) is 29.9 Å². The molecule has 5 nitrogen and oxygen atoms in total. The lowest BCUT2D eigenvalue weighted by atomic mass is 10.1. The molecule has 0 fully saturated rings. The van der Waals surface area contributed by atoms with Crippen LogP contribution < -0.4 is 5.32 Å². The minimum Gasteiger partial charge on any atom is -0.469 e. The second kappa shape index (κ2) is 8.48. The average molecular weight is 279 g/mol. The highest BCUT2D eigenvalue weighted by atomic mass is 32.2. The molecule has 0 heterocycles. The van der Waals surface area contributed by atoms with Crippen molar-refractivity contribution in [2.24, 2.45) is 5.92 Å². The quantitative estimate of drug-likeness (QED) is 0.637. The van der Waals surface area contributed by atoms with Crippen LogP contribution >= 0.6 is 0 Å². The number of sulfone groups is 1. The molecule has 108 valence electrons. The van der Waals surface area contributed by atoms with Crippen molar-refractivity contribution < 1.29 is 17.9 Å². The maximum absolute atomic E-state index is 11.9. The summed E-state index contributed by atoms with van der Waals surface area (Å²) in [7, 11) is -1.97. The predicted molar refractivity (Wildman–Crippen MR) is 72.2 cm³/mol. The third-order valence-corrected chi connectivity index (χ3v) is 4.43. The van der Waals surface area contributed by atoms with Crippen LogP contribution in [0.25, 0.3) is 0 Å². The molecule has 0 saturated heterocycles. The van der Waals surface area contributed by atoms with Gasteiger partial charge in [-0.3, -0.25) is 4.79 Å². The monoisotopic (exact) mass is 279 g/mol. The average Bonchev–Trinajstić information content (AvgIpc) is 2.31. The normalized spacial score (nSPS) is 13.6. The van der Waals surface area contributed by atoms with E-state index in [4.69, 9.17) is 0 Å². The summed E-state index contributed by atoms with van der Waals surface area (Å²) in [5, 5.41) is 3.23. The topological polar surface area (TPSA) is 72.5 Å². The Labute approximate surface area is 110 Å². The Morgan fingerprint density at radius 1 is 1.33 bits per heavy atom. The van der Waals surface area contributed by atoms with E-state index < -0.39 is 15.8 Å². The molecule has 0 amide bonds. The lowest BCUT2D eigenvalue weighted by Gasteiger charge is -2.22. The summed E-state index contributed by atoms with van der Waals surface area (Å²) in [4.78, 5) is 10.9. The smallest absolute Gasteiger partial charge is 0.306 e. The van der Waals surface area contributed by atoms with Crippen LogP contribution in [0, 0.1) is 5.92 Å². The van der Waals surface area contributed by atoms with E-state index in [0.717, 1.165) is 13.0 Å². The van der Waals surface area contributed by atoms with E-state index in [1.54, 1.807) is 0 Å². The highest BCUT2D eigenvalue weighted by molar-refractivity contribution is 7.91. The van der Waals surface area contributed by atoms with Crippen molar-refractivity contribution in [3.05, 3.63) is 0 Å². The summed E-state index contributed by atoms with van der Waals surface area (Å²) in [6.45, 7) is 6.82. The molecular weight excluding hydrogens is 254 g/mol. The number of hydrogen-bond donors (Lipinski definition) is 1. The van der Waals surface area contributed by atoms with Gasteiger partial charge >= 0.3 is 5.97 Å². The molecule has 0 bridgehead atoms. The number of carbonyl (C=O) groups is 1. The summed E-state index contributed by atoms with van der Waals surface area (Å²) in [5.41, 5.74) is 0. The molecule has 0 radical (unpaired) electrons. The van der Waals surface area contributed by atoms with Crippen LogP contribution in [0.1, 0.15) is 33.6 Å². The van der Waals surface area contributed by atoms with Crippen LogP contribution in [0.5, 0.6) is 0 Å². The summed E-state index contributed by atoms with van der Waals surface area (Å²) in [6, 6.07) is -0.0624. The van der Waals surface area contributed by atoms with Gasteiger partial charge in [0, 0.05) is 6.04 Å². The summed E-state index contributed by atoms with van der Waals surface area (Å²) in [6.07, 6.45) is 0.892. The standard InChI is InChI=1S/C12H25NO4S/c1-5-7-13-11(10(2)3)9-18(15,16)8-6-12(14)17-4/h10-11,13H,5-9H2,1-4H3. The van der Waals surface area contributed by atoms with Crippen LogP contribution in [0.4, 0.5) is 0 Å². The minimum absolute atomic E-state index is 0.0624. The first-order chi connectivity index (χ1) is 8.32. The van der Waals surface area contributed by atoms with Gasteiger partial charge in [-0.25, -0.2) is 8.42 Å². The molecule has 0 aromatic heterocycles. The van der Waals surface area contributed by atoms with Crippen LogP contribution in [-0.4, -0.2) is 45.6 Å².